The zero-order valence-electron chi connectivity index (χ0n) is 70.0. The number of aliphatic carboxylic acids is 2. The number of hydrogen-bond donors (Lipinski definition) is 6. The molecule has 0 saturated carbocycles. The van der Waals surface area contributed by atoms with Crippen molar-refractivity contribution in [3.05, 3.63) is 109 Å². The van der Waals surface area contributed by atoms with Gasteiger partial charge in [-0.25, -0.2) is 36.0 Å². The van der Waals surface area contributed by atoms with Crippen molar-refractivity contribution < 1.29 is 122 Å². The summed E-state index contributed by atoms with van der Waals surface area (Å²) in [6, 6.07) is 15.5. The maximum atomic E-state index is 13.8. The number of amides is 8. The largest absolute Gasteiger partial charge is 0.481 e. The smallest absolute Gasteiger partial charge is 0.415 e. The summed E-state index contributed by atoms with van der Waals surface area (Å²) in [5.41, 5.74) is 1.14. The molecular weight excluding hydrogens is 1690 g/mol. The molecule has 4 aromatic rings. The lowest BCUT2D eigenvalue weighted by Gasteiger charge is -2.34. The Balaban J connectivity index is 0.515. The van der Waals surface area contributed by atoms with Gasteiger partial charge in [-0.2, -0.15) is 8.61 Å². The standard InChI is InChI=1S/C81H116N12O26S4/c1-80(2)72(92(58-120-80)122(106,107)66-10-5-22-82-56-66)68(94)54-62(74(98)99)52-60-12-16-64(17-13-60)118-78(104)90-32-28-88(29-33-90)76(102)86-26-42-116-50-48-114-40-20-70(96)84-24-7-36-110-44-46-112-38-9-39-113-47-45-111-37-8-25-85-71(97)21-41-115-49-51-117-43-27-87-77(103)89-30-34-91(35-31-89)79(105)119-65-18-14-61(15-19-65)53-63(75(100)101)55-69(95)73-81(3,4)121-59-93(73)123(108,109)67-11-6-23-83-57-67/h5-6,10-19,22-23,56-57,62-63,72-73H,7-9,20-21,24-55,58-59H2,1-4H3,(H,84,96)(H,85,97)(H,86,102)(H,87,103)(H,98,99)(H,100,101)/t62-,63-,72?,73?/m1/s1. The second-order valence-corrected chi connectivity index (χ2v) is 37.1. The van der Waals surface area contributed by atoms with Gasteiger partial charge in [0.15, 0.2) is 11.6 Å². The summed E-state index contributed by atoms with van der Waals surface area (Å²) in [6.45, 7) is 16.0. The molecule has 0 bridgehead atoms. The van der Waals surface area contributed by atoms with E-state index in [-0.39, 0.29) is 201 Å². The van der Waals surface area contributed by atoms with Crippen LogP contribution in [0.5, 0.6) is 11.5 Å². The molecule has 680 valence electrons. The number of urea groups is 2. The molecule has 2 unspecified atom stereocenters. The number of sulfonamides is 2. The van der Waals surface area contributed by atoms with Crippen molar-refractivity contribution in [1.29, 1.82) is 0 Å². The van der Waals surface area contributed by atoms with Crippen LogP contribution in [0.15, 0.2) is 107 Å². The van der Waals surface area contributed by atoms with Gasteiger partial charge in [0.1, 0.15) is 21.3 Å². The van der Waals surface area contributed by atoms with Crippen molar-refractivity contribution >= 4 is 103 Å². The van der Waals surface area contributed by atoms with E-state index >= 15 is 0 Å². The molecule has 4 atom stereocenters. The molecule has 4 saturated heterocycles. The number of nitrogens with one attached hydrogen (secondary N) is 4. The van der Waals surface area contributed by atoms with Crippen molar-refractivity contribution in [2.75, 3.05) is 196 Å². The van der Waals surface area contributed by atoms with Gasteiger partial charge in [0.2, 0.25) is 31.9 Å². The maximum Gasteiger partial charge on any atom is 0.415 e. The Labute approximate surface area is 725 Å². The molecule has 0 aliphatic carbocycles. The molecule has 42 heteroatoms. The molecule has 6 N–H and O–H groups in total. The first-order chi connectivity index (χ1) is 59.0. The molecule has 0 radical (unpaired) electrons. The van der Waals surface area contributed by atoms with Crippen LogP contribution in [0.1, 0.15) is 83.8 Å². The zero-order chi connectivity index (χ0) is 88.6. The number of aromatic nitrogens is 2. The quantitative estimate of drug-likeness (QED) is 0.0328. The molecule has 4 aliphatic heterocycles. The number of hydrogen-bond acceptors (Lipinski definition) is 28. The highest BCUT2D eigenvalue weighted by Gasteiger charge is 2.53. The third kappa shape index (κ3) is 33.3. The normalized spacial score (nSPS) is 17.2. The number of pyridine rings is 2. The van der Waals surface area contributed by atoms with Gasteiger partial charge in [-0.15, -0.1) is 23.5 Å². The third-order valence-corrected chi connectivity index (χ3v) is 26.9. The number of thioether (sulfide) groups is 2. The van der Waals surface area contributed by atoms with E-state index in [1.807, 2.05) is 0 Å². The van der Waals surface area contributed by atoms with E-state index in [2.05, 4.69) is 31.2 Å². The highest BCUT2D eigenvalue weighted by molar-refractivity contribution is 8.02. The molecule has 2 aromatic heterocycles. The number of rotatable bonds is 54. The second-order valence-electron chi connectivity index (χ2n) is 30.1. The Kier molecular flexibility index (Phi) is 41.8. The molecule has 4 fully saturated rings. The highest BCUT2D eigenvalue weighted by atomic mass is 32.2. The van der Waals surface area contributed by atoms with Gasteiger partial charge in [-0.3, -0.25) is 38.7 Å². The summed E-state index contributed by atoms with van der Waals surface area (Å²) < 4.78 is 110. The van der Waals surface area contributed by atoms with Gasteiger partial charge >= 0.3 is 36.2 Å². The van der Waals surface area contributed by atoms with E-state index in [1.54, 1.807) is 61.8 Å². The van der Waals surface area contributed by atoms with E-state index in [1.165, 1.54) is 107 Å². The molecule has 2 aromatic carbocycles. The summed E-state index contributed by atoms with van der Waals surface area (Å²) in [4.78, 5) is 142. The van der Waals surface area contributed by atoms with Crippen LogP contribution in [0.25, 0.3) is 0 Å². The first-order valence-electron chi connectivity index (χ1n) is 41.0. The Morgan fingerprint density at radius 1 is 0.423 bits per heavy atom. The Morgan fingerprint density at radius 2 is 0.748 bits per heavy atom. The second kappa shape index (κ2) is 51.6. The number of piperazine rings is 2. The molecule has 6 heterocycles. The summed E-state index contributed by atoms with van der Waals surface area (Å²) in [5.74, 6) is -5.55. The molecule has 8 rings (SSSR count). The molecule has 38 nitrogen and oxygen atoms in total. The van der Waals surface area contributed by atoms with Crippen LogP contribution in [0.4, 0.5) is 19.2 Å². The van der Waals surface area contributed by atoms with Crippen molar-refractivity contribution in [3.8, 4) is 11.5 Å². The average Bonchev–Trinajstić information content (AvgIpc) is 1.63. The Hall–Kier alpha value is -8.76. The number of ether oxygens (including phenoxy) is 10. The highest BCUT2D eigenvalue weighted by Crippen LogP contribution is 2.45. The SMILES string of the molecule is CC1(C)SCN(S(=O)(=O)c2cccnc2)C1C(=O)C[C@@H](Cc1ccc(OC(=O)N2CCN(C(=O)NCCOCCOCCC(=O)NCCCOCCOCCCOCCOCCCNC(=O)CCOCCOCCNC(=O)N3CCN(C(=O)Oc4ccc(C[C@H](CC(=O)C5N(S(=O)(=O)c6cccnc6)CSC5(C)C)C(=O)O)cc4)CC3)CC2)cc1)C(=O)O. The van der Waals surface area contributed by atoms with E-state index in [0.717, 1.165) is 8.61 Å². The molecule has 8 amide bonds. The van der Waals surface area contributed by atoms with Crippen molar-refractivity contribution in [1.82, 2.24) is 59.4 Å². The number of carboxylic acid groups (broad SMARTS) is 2. The topological polar surface area (TPSA) is 465 Å². The first-order valence-corrected chi connectivity index (χ1v) is 45.8. The average molecular weight is 1800 g/mol. The fraction of sp³-hybridized carbons (Fsp3) is 0.605. The predicted molar refractivity (Wildman–Crippen MR) is 450 cm³/mol. The van der Waals surface area contributed by atoms with Crippen LogP contribution >= 0.6 is 23.5 Å². The van der Waals surface area contributed by atoms with Crippen LogP contribution in [0.2, 0.25) is 0 Å². The van der Waals surface area contributed by atoms with Crippen LogP contribution in [0.3, 0.4) is 0 Å². The minimum atomic E-state index is -4.09. The Bertz CT molecular complexity index is 3980. The van der Waals surface area contributed by atoms with Gasteiger partial charge in [-0.1, -0.05) is 24.3 Å². The fourth-order valence-electron chi connectivity index (χ4n) is 13.5. The number of nitrogens with zero attached hydrogens (tertiary/aromatic N) is 8. The lowest BCUT2D eigenvalue weighted by atomic mass is 9.89. The summed E-state index contributed by atoms with van der Waals surface area (Å²) >= 11 is 2.59. The molecule has 4 aliphatic rings. The number of benzene rings is 2. The lowest BCUT2D eigenvalue weighted by Crippen LogP contribution is -2.54. The van der Waals surface area contributed by atoms with Gasteiger partial charge < -0.3 is 98.4 Å². The molecular formula is C81H116N12O26S4. The predicted octanol–water partition coefficient (Wildman–Crippen LogP) is 4.63. The van der Waals surface area contributed by atoms with Crippen molar-refractivity contribution in [3.63, 3.8) is 0 Å². The van der Waals surface area contributed by atoms with Gasteiger partial charge in [0, 0.05) is 165 Å². The van der Waals surface area contributed by atoms with Gasteiger partial charge in [0.05, 0.1) is 115 Å². The minimum absolute atomic E-state index is 0.0236. The number of Topliss-reactive ketones (excluding diaryl/α,β-unsaturated/α-hetero) is 2. The first kappa shape index (κ1) is 99.7. The van der Waals surface area contributed by atoms with E-state index < -0.39 is 102 Å². The van der Waals surface area contributed by atoms with Gasteiger partial charge in [-0.05, 0) is 119 Å². The van der Waals surface area contributed by atoms with Crippen molar-refractivity contribution in [2.24, 2.45) is 11.8 Å². The third-order valence-electron chi connectivity index (χ3n) is 20.2. The summed E-state index contributed by atoms with van der Waals surface area (Å²) in [5, 5.41) is 31.5. The van der Waals surface area contributed by atoms with E-state index in [0.29, 0.717) is 96.3 Å². The maximum absolute atomic E-state index is 13.8. The molecule has 123 heavy (non-hydrogen) atoms. The number of ketones is 2. The van der Waals surface area contributed by atoms with Crippen LogP contribution in [0, 0.1) is 11.8 Å². The number of carbonyl (C=O) groups excluding carboxylic acids is 8. The summed E-state index contributed by atoms with van der Waals surface area (Å²) in [7, 11) is -8.18. The lowest BCUT2D eigenvalue weighted by molar-refractivity contribution is -0.144. The summed E-state index contributed by atoms with van der Waals surface area (Å²) in [6.07, 6.45) is 5.56. The fourth-order valence-corrected chi connectivity index (χ4v) is 19.8. The monoisotopic (exact) mass is 1800 g/mol. The minimum Gasteiger partial charge on any atom is -0.481 e. The number of carbonyl (C=O) groups is 10. The van der Waals surface area contributed by atoms with Crippen LogP contribution in [-0.2, 0) is 99.6 Å². The Morgan fingerprint density at radius 3 is 1.08 bits per heavy atom. The zero-order valence-corrected chi connectivity index (χ0v) is 73.3. The number of carboxylic acids is 2. The molecule has 0 spiro atoms. The van der Waals surface area contributed by atoms with Crippen molar-refractivity contribution in [2.45, 2.75) is 117 Å². The van der Waals surface area contributed by atoms with E-state index in [4.69, 9.17) is 47.4 Å². The van der Waals surface area contributed by atoms with Crippen LogP contribution < -0.4 is 30.7 Å². The van der Waals surface area contributed by atoms with Gasteiger partial charge in [0.25, 0.3) is 0 Å². The van der Waals surface area contributed by atoms with E-state index in [9.17, 15) is 75.0 Å². The van der Waals surface area contributed by atoms with Crippen LogP contribution in [-0.4, -0.2) is 342 Å².